The van der Waals surface area contributed by atoms with Crippen LogP contribution in [-0.2, 0) is 21.4 Å². The summed E-state index contributed by atoms with van der Waals surface area (Å²) in [4.78, 5) is 12.8. The lowest BCUT2D eigenvalue weighted by atomic mass is 10.0. The van der Waals surface area contributed by atoms with E-state index in [4.69, 9.17) is 16.3 Å². The Morgan fingerprint density at radius 1 is 1.30 bits per heavy atom. The number of piperidine rings is 1. The fourth-order valence-electron chi connectivity index (χ4n) is 3.67. The second kappa shape index (κ2) is 8.95. The monoisotopic (exact) mass is 454 g/mol. The Morgan fingerprint density at radius 2 is 1.97 bits per heavy atom. The van der Waals surface area contributed by atoms with E-state index < -0.39 is 10.0 Å². The molecule has 1 amide bonds. The number of nitrogens with one attached hydrogen (secondary N) is 1. The third-order valence-corrected chi connectivity index (χ3v) is 7.77. The van der Waals surface area contributed by atoms with Crippen LogP contribution in [0.5, 0.6) is 5.75 Å². The number of benzene rings is 1. The summed E-state index contributed by atoms with van der Waals surface area (Å²) in [5.41, 5.74) is 1.27. The van der Waals surface area contributed by atoms with E-state index >= 15 is 0 Å². The van der Waals surface area contributed by atoms with Crippen LogP contribution < -0.4 is 10.1 Å². The van der Waals surface area contributed by atoms with Crippen molar-refractivity contribution in [1.82, 2.24) is 14.1 Å². The summed E-state index contributed by atoms with van der Waals surface area (Å²) in [6.45, 7) is 6.33. The molecule has 1 aliphatic heterocycles. The minimum Gasteiger partial charge on any atom is -0.495 e. The Balaban J connectivity index is 1.80. The summed E-state index contributed by atoms with van der Waals surface area (Å²) in [5, 5.41) is 7.52. The fourth-order valence-corrected chi connectivity index (χ4v) is 5.68. The van der Waals surface area contributed by atoms with Crippen molar-refractivity contribution in [2.24, 2.45) is 5.92 Å². The molecule has 0 saturated carbocycles. The van der Waals surface area contributed by atoms with Gasteiger partial charge in [-0.15, -0.1) is 0 Å². The molecule has 0 aliphatic carbocycles. The molecule has 1 fully saturated rings. The second-order valence-corrected chi connectivity index (χ2v) is 9.95. The lowest BCUT2D eigenvalue weighted by Gasteiger charge is -2.29. The summed E-state index contributed by atoms with van der Waals surface area (Å²) in [7, 11) is -2.16. The Bertz CT molecular complexity index is 1040. The molecule has 1 aliphatic rings. The first-order chi connectivity index (χ1) is 14.1. The number of hydrogen-bond donors (Lipinski definition) is 1. The molecule has 8 nitrogen and oxygen atoms in total. The van der Waals surface area contributed by atoms with Crippen LogP contribution >= 0.6 is 11.6 Å². The molecule has 2 heterocycles. The SMILES string of the molecule is COc1ccc(Cl)cc1NC(=O)Cn1nc(C)c(S(=O)(=O)N2CCC(C)CC2)c1C. The molecule has 0 bridgehead atoms. The predicted molar refractivity (Wildman–Crippen MR) is 115 cm³/mol. The normalized spacial score (nSPS) is 15.9. The Morgan fingerprint density at radius 3 is 2.60 bits per heavy atom. The largest absolute Gasteiger partial charge is 0.495 e. The van der Waals surface area contributed by atoms with Crippen molar-refractivity contribution in [2.45, 2.75) is 45.1 Å². The Hall–Kier alpha value is -2.10. The zero-order valence-corrected chi connectivity index (χ0v) is 19.2. The minimum absolute atomic E-state index is 0.130. The van der Waals surface area contributed by atoms with E-state index in [-0.39, 0.29) is 17.3 Å². The van der Waals surface area contributed by atoms with E-state index in [1.165, 1.54) is 16.1 Å². The highest BCUT2D eigenvalue weighted by molar-refractivity contribution is 7.89. The molecule has 3 rings (SSSR count). The molecule has 1 N–H and O–H groups in total. The number of amides is 1. The standard InChI is InChI=1S/C20H27ClN4O4S/c1-13-7-9-24(10-8-13)30(27,28)20-14(2)23-25(15(20)3)12-19(26)22-17-11-16(21)5-6-18(17)29-4/h5-6,11,13H,7-10,12H2,1-4H3,(H,22,26). The predicted octanol–water partition coefficient (Wildman–Crippen LogP) is 3.22. The minimum atomic E-state index is -3.66. The highest BCUT2D eigenvalue weighted by Gasteiger charge is 2.33. The smallest absolute Gasteiger partial charge is 0.246 e. The zero-order valence-electron chi connectivity index (χ0n) is 17.6. The van der Waals surface area contributed by atoms with Crippen LogP contribution in [0.1, 0.15) is 31.2 Å². The number of aromatic nitrogens is 2. The summed E-state index contributed by atoms with van der Waals surface area (Å²) in [5.74, 6) is 0.633. The molecule has 0 spiro atoms. The first kappa shape index (κ1) is 22.6. The fraction of sp³-hybridized carbons (Fsp3) is 0.500. The summed E-state index contributed by atoms with van der Waals surface area (Å²) in [6, 6.07) is 4.91. The Kier molecular flexibility index (Phi) is 6.74. The maximum Gasteiger partial charge on any atom is 0.246 e. The first-order valence-corrected chi connectivity index (χ1v) is 11.6. The van der Waals surface area contributed by atoms with Gasteiger partial charge in [-0.3, -0.25) is 9.48 Å². The van der Waals surface area contributed by atoms with Crippen LogP contribution in [0.3, 0.4) is 0 Å². The number of aryl methyl sites for hydroxylation is 1. The van der Waals surface area contributed by atoms with Gasteiger partial charge in [0.05, 0.1) is 24.2 Å². The van der Waals surface area contributed by atoms with Crippen LogP contribution in [0, 0.1) is 19.8 Å². The summed E-state index contributed by atoms with van der Waals surface area (Å²) in [6.07, 6.45) is 1.69. The Labute approximate surface area is 182 Å². The molecular formula is C20H27ClN4O4S. The van der Waals surface area contributed by atoms with Gasteiger partial charge in [0.25, 0.3) is 0 Å². The van der Waals surface area contributed by atoms with Gasteiger partial charge in [-0.05, 0) is 50.8 Å². The van der Waals surface area contributed by atoms with Crippen LogP contribution in [0.25, 0.3) is 0 Å². The van der Waals surface area contributed by atoms with Crippen molar-refractivity contribution in [2.75, 3.05) is 25.5 Å². The number of carbonyl (C=O) groups is 1. The van der Waals surface area contributed by atoms with Gasteiger partial charge in [0, 0.05) is 18.1 Å². The van der Waals surface area contributed by atoms with Crippen molar-refractivity contribution < 1.29 is 17.9 Å². The van der Waals surface area contributed by atoms with Gasteiger partial charge in [-0.2, -0.15) is 9.40 Å². The molecule has 1 saturated heterocycles. The van der Waals surface area contributed by atoms with Gasteiger partial charge >= 0.3 is 0 Å². The number of nitrogens with zero attached hydrogens (tertiary/aromatic N) is 3. The van der Waals surface area contributed by atoms with Crippen molar-refractivity contribution in [3.8, 4) is 5.75 Å². The third-order valence-electron chi connectivity index (χ3n) is 5.38. The van der Waals surface area contributed by atoms with E-state index in [0.717, 1.165) is 12.8 Å². The number of hydrogen-bond acceptors (Lipinski definition) is 5. The van der Waals surface area contributed by atoms with Gasteiger partial charge < -0.3 is 10.1 Å². The maximum absolute atomic E-state index is 13.2. The van der Waals surface area contributed by atoms with Gasteiger partial charge in [-0.25, -0.2) is 8.42 Å². The van der Waals surface area contributed by atoms with Crippen LogP contribution in [0.15, 0.2) is 23.1 Å². The number of anilines is 1. The summed E-state index contributed by atoms with van der Waals surface area (Å²) >= 11 is 6.00. The number of rotatable bonds is 6. The number of carbonyl (C=O) groups excluding carboxylic acids is 1. The maximum atomic E-state index is 13.2. The molecular weight excluding hydrogens is 428 g/mol. The molecule has 2 aromatic rings. The van der Waals surface area contributed by atoms with E-state index in [0.29, 0.717) is 46.9 Å². The van der Waals surface area contributed by atoms with E-state index in [1.807, 2.05) is 0 Å². The van der Waals surface area contributed by atoms with Crippen LogP contribution in [0.2, 0.25) is 5.02 Å². The van der Waals surface area contributed by atoms with E-state index in [1.54, 1.807) is 32.0 Å². The van der Waals surface area contributed by atoms with Crippen molar-refractivity contribution in [3.05, 3.63) is 34.6 Å². The molecule has 0 radical (unpaired) electrons. The van der Waals surface area contributed by atoms with Crippen molar-refractivity contribution in [1.29, 1.82) is 0 Å². The van der Waals surface area contributed by atoms with Gasteiger partial charge in [0.15, 0.2) is 0 Å². The molecule has 30 heavy (non-hydrogen) atoms. The lowest BCUT2D eigenvalue weighted by molar-refractivity contribution is -0.117. The molecule has 10 heteroatoms. The van der Waals surface area contributed by atoms with E-state index in [2.05, 4.69) is 17.3 Å². The van der Waals surface area contributed by atoms with E-state index in [9.17, 15) is 13.2 Å². The average Bonchev–Trinajstić information content (AvgIpc) is 2.96. The summed E-state index contributed by atoms with van der Waals surface area (Å²) < 4.78 is 34.5. The highest BCUT2D eigenvalue weighted by Crippen LogP contribution is 2.29. The van der Waals surface area contributed by atoms with Gasteiger partial charge in [0.1, 0.15) is 17.2 Å². The average molecular weight is 455 g/mol. The van der Waals surface area contributed by atoms with Gasteiger partial charge in [-0.1, -0.05) is 18.5 Å². The second-order valence-electron chi connectivity index (χ2n) is 7.64. The third kappa shape index (κ3) is 4.63. The molecule has 1 aromatic carbocycles. The van der Waals surface area contributed by atoms with Crippen LogP contribution in [0.4, 0.5) is 5.69 Å². The number of halogens is 1. The van der Waals surface area contributed by atoms with Gasteiger partial charge in [0.2, 0.25) is 15.9 Å². The molecule has 164 valence electrons. The lowest BCUT2D eigenvalue weighted by Crippen LogP contribution is -2.38. The highest BCUT2D eigenvalue weighted by atomic mass is 35.5. The molecule has 0 unspecified atom stereocenters. The molecule has 0 atom stereocenters. The topological polar surface area (TPSA) is 93.5 Å². The quantitative estimate of drug-likeness (QED) is 0.723. The van der Waals surface area contributed by atoms with Crippen LogP contribution in [-0.4, -0.2) is 48.6 Å². The van der Waals surface area contributed by atoms with Crippen molar-refractivity contribution >= 4 is 33.2 Å². The number of ether oxygens (including phenoxy) is 1. The number of sulfonamides is 1. The number of methoxy groups -OCH3 is 1. The zero-order chi connectivity index (χ0) is 22.1. The first-order valence-electron chi connectivity index (χ1n) is 9.81. The molecule has 1 aromatic heterocycles. The van der Waals surface area contributed by atoms with Crippen molar-refractivity contribution in [3.63, 3.8) is 0 Å².